The first-order valence-electron chi connectivity index (χ1n) is 12.9. The van der Waals surface area contributed by atoms with Gasteiger partial charge in [-0.2, -0.15) is 0 Å². The van der Waals surface area contributed by atoms with Gasteiger partial charge < -0.3 is 14.9 Å². The van der Waals surface area contributed by atoms with Gasteiger partial charge in [0.15, 0.2) is 27.4 Å². The number of aryl methyl sites for hydroxylation is 1. The van der Waals surface area contributed by atoms with Crippen molar-refractivity contribution in [3.05, 3.63) is 112 Å². The van der Waals surface area contributed by atoms with Crippen LogP contribution in [-0.2, 0) is 15.3 Å². The quantitative estimate of drug-likeness (QED) is 0.124. The second-order valence-electron chi connectivity index (χ2n) is 9.23. The van der Waals surface area contributed by atoms with E-state index in [1.807, 2.05) is 61.5 Å². The molecule has 0 saturated heterocycles. The smallest absolute Gasteiger partial charge is 0.296 e. The molecule has 8 nitrogen and oxygen atoms in total. The lowest BCUT2D eigenvalue weighted by Crippen LogP contribution is -2.30. The Labute approximate surface area is 245 Å². The minimum Gasteiger partial charge on any atom is -0.504 e. The fraction of sp³-hybridized carbons (Fsp3) is 0.161. The van der Waals surface area contributed by atoms with Gasteiger partial charge >= 0.3 is 0 Å². The molecule has 1 unspecified atom stereocenters. The topological polar surface area (TPSA) is 113 Å². The zero-order valence-corrected chi connectivity index (χ0v) is 24.0. The Balaban J connectivity index is 1.49. The number of rotatable bonds is 10. The standard InChI is InChI=1S/C31H27N3O5S2/c1-3-39-25-17-22(14-16-23(25)35)27-26(24(36)15-13-20-7-5-4-6-8-20)28(37)29(38)34(27)30-32-33-31(41-30)40-18-21-11-9-19(2)10-12-21/h4-17,27,35,37H,3,18H2,1-2H3/b15-13+. The Bertz CT molecular complexity index is 1630. The van der Waals surface area contributed by atoms with E-state index in [1.165, 1.54) is 45.7 Å². The van der Waals surface area contributed by atoms with Crippen LogP contribution < -0.4 is 9.64 Å². The number of benzene rings is 3. The van der Waals surface area contributed by atoms with E-state index in [2.05, 4.69) is 10.2 Å². The molecule has 1 amide bonds. The van der Waals surface area contributed by atoms with Crippen molar-refractivity contribution in [2.45, 2.75) is 30.0 Å². The molecule has 0 bridgehead atoms. The molecule has 10 heteroatoms. The number of ketones is 1. The molecular weight excluding hydrogens is 558 g/mol. The van der Waals surface area contributed by atoms with Crippen LogP contribution in [0.5, 0.6) is 11.5 Å². The van der Waals surface area contributed by atoms with Crippen LogP contribution >= 0.6 is 23.1 Å². The Morgan fingerprint density at radius 1 is 1.07 bits per heavy atom. The summed E-state index contributed by atoms with van der Waals surface area (Å²) >= 11 is 2.68. The average molecular weight is 586 g/mol. The molecule has 3 aromatic carbocycles. The molecule has 41 heavy (non-hydrogen) atoms. The van der Waals surface area contributed by atoms with Crippen molar-refractivity contribution in [1.29, 1.82) is 0 Å². The van der Waals surface area contributed by atoms with Gasteiger partial charge in [0.1, 0.15) is 0 Å². The van der Waals surface area contributed by atoms with E-state index in [0.717, 1.165) is 11.1 Å². The van der Waals surface area contributed by atoms with Crippen molar-refractivity contribution >= 4 is 46.0 Å². The van der Waals surface area contributed by atoms with E-state index < -0.39 is 23.5 Å². The number of nitrogens with zero attached hydrogens (tertiary/aromatic N) is 3. The van der Waals surface area contributed by atoms with Crippen LogP contribution in [0, 0.1) is 6.92 Å². The molecule has 4 aromatic rings. The van der Waals surface area contributed by atoms with Crippen LogP contribution in [0.1, 0.15) is 35.2 Å². The van der Waals surface area contributed by atoms with Gasteiger partial charge in [-0.1, -0.05) is 95.4 Å². The number of allylic oxidation sites excluding steroid dienone is 1. The molecule has 2 heterocycles. The lowest BCUT2D eigenvalue weighted by Gasteiger charge is -2.24. The van der Waals surface area contributed by atoms with Crippen molar-refractivity contribution in [3.63, 3.8) is 0 Å². The predicted molar refractivity (Wildman–Crippen MR) is 160 cm³/mol. The molecule has 1 aliphatic rings. The van der Waals surface area contributed by atoms with Crippen molar-refractivity contribution in [2.75, 3.05) is 11.5 Å². The third-order valence-electron chi connectivity index (χ3n) is 6.38. The fourth-order valence-electron chi connectivity index (χ4n) is 4.35. The number of anilines is 1. The first-order valence-corrected chi connectivity index (χ1v) is 14.7. The van der Waals surface area contributed by atoms with E-state index >= 15 is 0 Å². The molecule has 0 fully saturated rings. The minimum absolute atomic E-state index is 0.0813. The number of hydrogen-bond donors (Lipinski definition) is 2. The molecule has 208 valence electrons. The zero-order chi connectivity index (χ0) is 28.9. The molecule has 0 spiro atoms. The summed E-state index contributed by atoms with van der Waals surface area (Å²) in [6.07, 6.45) is 2.96. The van der Waals surface area contributed by atoms with Gasteiger partial charge in [0, 0.05) is 5.75 Å². The number of phenols is 1. The van der Waals surface area contributed by atoms with Crippen molar-refractivity contribution in [2.24, 2.45) is 0 Å². The summed E-state index contributed by atoms with van der Waals surface area (Å²) in [7, 11) is 0. The van der Waals surface area contributed by atoms with Crippen molar-refractivity contribution in [1.82, 2.24) is 10.2 Å². The van der Waals surface area contributed by atoms with Crippen LogP contribution in [0.25, 0.3) is 6.08 Å². The number of hydrogen-bond acceptors (Lipinski definition) is 9. The van der Waals surface area contributed by atoms with Crippen molar-refractivity contribution in [3.8, 4) is 11.5 Å². The van der Waals surface area contributed by atoms with Gasteiger partial charge in [-0.25, -0.2) is 0 Å². The number of amides is 1. The lowest BCUT2D eigenvalue weighted by atomic mass is 9.95. The van der Waals surface area contributed by atoms with Gasteiger partial charge in [0.25, 0.3) is 5.91 Å². The number of carbonyl (C=O) groups is 2. The van der Waals surface area contributed by atoms with E-state index in [0.29, 0.717) is 22.3 Å². The average Bonchev–Trinajstić information content (AvgIpc) is 3.55. The predicted octanol–water partition coefficient (Wildman–Crippen LogP) is 6.43. The maximum absolute atomic E-state index is 13.5. The fourth-order valence-corrected chi connectivity index (χ4v) is 6.18. The molecule has 0 radical (unpaired) electrons. The van der Waals surface area contributed by atoms with Gasteiger partial charge in [-0.05, 0) is 48.7 Å². The number of carbonyl (C=O) groups excluding carboxylic acids is 2. The maximum atomic E-state index is 13.5. The second kappa shape index (κ2) is 12.4. The Morgan fingerprint density at radius 2 is 1.83 bits per heavy atom. The van der Waals surface area contributed by atoms with E-state index in [4.69, 9.17) is 4.74 Å². The summed E-state index contributed by atoms with van der Waals surface area (Å²) in [5.41, 5.74) is 3.45. The highest BCUT2D eigenvalue weighted by Gasteiger charge is 2.45. The molecule has 0 aliphatic carbocycles. The van der Waals surface area contributed by atoms with Crippen LogP contribution in [-0.4, -0.2) is 38.7 Å². The summed E-state index contributed by atoms with van der Waals surface area (Å²) < 4.78 is 6.19. The van der Waals surface area contributed by atoms with E-state index in [-0.39, 0.29) is 22.2 Å². The Kier molecular flexibility index (Phi) is 8.51. The highest BCUT2D eigenvalue weighted by Crippen LogP contribution is 2.45. The van der Waals surface area contributed by atoms with E-state index in [1.54, 1.807) is 25.1 Å². The molecule has 0 saturated carbocycles. The third-order valence-corrected chi connectivity index (χ3v) is 8.51. The largest absolute Gasteiger partial charge is 0.504 e. The SMILES string of the molecule is CCOc1cc(C2C(C(=O)/C=C/c3ccccc3)=C(O)C(=O)N2c2nnc(SCc3ccc(C)cc3)s2)ccc1O. The summed E-state index contributed by atoms with van der Waals surface area (Å²) in [5, 5.41) is 30.0. The first-order chi connectivity index (χ1) is 19.9. The third kappa shape index (κ3) is 6.18. The number of aromatic nitrogens is 2. The van der Waals surface area contributed by atoms with Crippen LogP contribution in [0.15, 0.2) is 94.5 Å². The summed E-state index contributed by atoms with van der Waals surface area (Å²) in [6, 6.07) is 21.0. The molecule has 1 atom stereocenters. The monoisotopic (exact) mass is 585 g/mol. The highest BCUT2D eigenvalue weighted by molar-refractivity contribution is 8.00. The minimum atomic E-state index is -1.02. The number of aromatic hydroxyl groups is 1. The van der Waals surface area contributed by atoms with Gasteiger partial charge in [-0.3, -0.25) is 14.5 Å². The highest BCUT2D eigenvalue weighted by atomic mass is 32.2. The lowest BCUT2D eigenvalue weighted by molar-refractivity contribution is -0.117. The number of phenolic OH excluding ortho intramolecular Hbond substituents is 1. The number of thioether (sulfide) groups is 1. The second-order valence-corrected chi connectivity index (χ2v) is 11.4. The van der Waals surface area contributed by atoms with Crippen LogP contribution in [0.4, 0.5) is 5.13 Å². The van der Waals surface area contributed by atoms with Gasteiger partial charge in [-0.15, -0.1) is 10.2 Å². The van der Waals surface area contributed by atoms with Crippen LogP contribution in [0.3, 0.4) is 0 Å². The molecule has 2 N–H and O–H groups in total. The molecule has 1 aliphatic heterocycles. The van der Waals surface area contributed by atoms with Gasteiger partial charge in [0.2, 0.25) is 5.13 Å². The molecule has 1 aromatic heterocycles. The summed E-state index contributed by atoms with van der Waals surface area (Å²) in [6.45, 7) is 4.11. The normalized spacial score (nSPS) is 15.2. The van der Waals surface area contributed by atoms with Crippen LogP contribution in [0.2, 0.25) is 0 Å². The molecule has 5 rings (SSSR count). The number of aliphatic hydroxyl groups excluding tert-OH is 1. The molecular formula is C31H27N3O5S2. The van der Waals surface area contributed by atoms with Crippen molar-refractivity contribution < 1.29 is 24.5 Å². The summed E-state index contributed by atoms with van der Waals surface area (Å²) in [5.74, 6) is -1.17. The summed E-state index contributed by atoms with van der Waals surface area (Å²) in [4.78, 5) is 28.2. The van der Waals surface area contributed by atoms with Gasteiger partial charge in [0.05, 0.1) is 18.2 Å². The first kappa shape index (κ1) is 28.1. The van der Waals surface area contributed by atoms with E-state index in [9.17, 15) is 19.8 Å². The number of ether oxygens (including phenoxy) is 1. The Hall–Kier alpha value is -4.41. The number of aliphatic hydroxyl groups is 1. The maximum Gasteiger partial charge on any atom is 0.296 e. The Morgan fingerprint density at radius 3 is 2.56 bits per heavy atom. The zero-order valence-electron chi connectivity index (χ0n) is 22.4.